The molecule has 118 valence electrons. The van der Waals surface area contributed by atoms with Gasteiger partial charge in [-0.05, 0) is 11.6 Å². The third kappa shape index (κ3) is 2.72. The largest absolute Gasteiger partial charge is 0.350 e. The summed E-state index contributed by atoms with van der Waals surface area (Å²) in [4.78, 5) is 18.0. The molecule has 0 fully saturated rings. The second-order valence-electron chi connectivity index (χ2n) is 5.35. The van der Waals surface area contributed by atoms with Crippen LogP contribution in [0.5, 0.6) is 0 Å². The average molecular weight is 355 g/mol. The molecule has 4 nitrogen and oxygen atoms in total. The Hall–Kier alpha value is -2.50. The van der Waals surface area contributed by atoms with Crippen molar-refractivity contribution in [2.45, 2.75) is 6.54 Å². The van der Waals surface area contributed by atoms with Crippen molar-refractivity contribution in [3.63, 3.8) is 0 Å². The number of hydrogen-bond donors (Lipinski definition) is 0. The summed E-state index contributed by atoms with van der Waals surface area (Å²) in [6, 6.07) is 15.4. The number of thiazole rings is 1. The molecule has 0 aliphatic carbocycles. The van der Waals surface area contributed by atoms with Gasteiger partial charge in [0.05, 0.1) is 11.1 Å². The van der Waals surface area contributed by atoms with Crippen LogP contribution < -0.4 is 10.1 Å². The van der Waals surface area contributed by atoms with Crippen LogP contribution in [0.4, 0.5) is 0 Å². The maximum Gasteiger partial charge on any atom is 0.350 e. The van der Waals surface area contributed by atoms with Gasteiger partial charge in [0.2, 0.25) is 0 Å². The number of rotatable bonds is 3. The third-order valence-corrected chi connectivity index (χ3v) is 4.90. The molecular weight excluding hydrogens is 342 g/mol. The summed E-state index contributed by atoms with van der Waals surface area (Å²) in [5.41, 5.74) is 2.36. The van der Waals surface area contributed by atoms with Gasteiger partial charge in [-0.15, -0.1) is 11.3 Å². The fraction of sp³-hybridized carbons (Fsp3) is 0.0556. The number of benzene rings is 1. The van der Waals surface area contributed by atoms with Gasteiger partial charge in [-0.25, -0.2) is 14.3 Å². The van der Waals surface area contributed by atoms with Crippen molar-refractivity contribution >= 4 is 28.6 Å². The van der Waals surface area contributed by atoms with Crippen molar-refractivity contribution in [1.29, 1.82) is 0 Å². The maximum atomic E-state index is 12.9. The molecule has 24 heavy (non-hydrogen) atoms. The van der Waals surface area contributed by atoms with Gasteiger partial charge in [0.1, 0.15) is 18.3 Å². The minimum Gasteiger partial charge on any atom is -0.240 e. The van der Waals surface area contributed by atoms with E-state index in [-0.39, 0.29) is 5.56 Å². The molecule has 3 aromatic heterocycles. The molecule has 4 rings (SSSR count). The van der Waals surface area contributed by atoms with E-state index in [0.717, 1.165) is 16.1 Å². The van der Waals surface area contributed by atoms with Crippen LogP contribution in [0.15, 0.2) is 71.9 Å². The predicted octanol–water partition coefficient (Wildman–Crippen LogP) is 3.41. The van der Waals surface area contributed by atoms with Crippen LogP contribution in [0.1, 0.15) is 4.88 Å². The van der Waals surface area contributed by atoms with Gasteiger partial charge in [0.15, 0.2) is 4.47 Å². The molecule has 0 aliphatic heterocycles. The van der Waals surface area contributed by atoms with Crippen molar-refractivity contribution in [3.05, 3.63) is 86.8 Å². The molecule has 1 aromatic carbocycles. The van der Waals surface area contributed by atoms with Crippen LogP contribution in [0.3, 0.4) is 0 Å². The Balaban J connectivity index is 1.95. The molecule has 0 N–H and O–H groups in total. The fourth-order valence-corrected chi connectivity index (χ4v) is 3.69. The summed E-state index contributed by atoms with van der Waals surface area (Å²) in [5.74, 6) is 0. The summed E-state index contributed by atoms with van der Waals surface area (Å²) in [5, 5.41) is 0. The number of halogens is 1. The topological polar surface area (TPSA) is 38.2 Å². The fourth-order valence-electron chi connectivity index (χ4n) is 2.71. The lowest BCUT2D eigenvalue weighted by Crippen LogP contribution is -2.40. The van der Waals surface area contributed by atoms with E-state index in [1.165, 1.54) is 11.3 Å². The third-order valence-electron chi connectivity index (χ3n) is 3.80. The molecule has 0 amide bonds. The summed E-state index contributed by atoms with van der Waals surface area (Å²) in [7, 11) is 0. The normalized spacial score (nSPS) is 11.0. The monoisotopic (exact) mass is 354 g/mol. The standard InChI is InChI=1S/C18H13ClN3OS/c19-18-20-10-14(24-18)11-21-12-15(13-6-2-1-3-7-13)17(23)22-9-5-4-8-16(21)22/h1-10,12H,11H2/q+1. The number of aromatic nitrogens is 3. The minimum atomic E-state index is -0.0320. The quantitative estimate of drug-likeness (QED) is 0.529. The lowest BCUT2D eigenvalue weighted by Gasteiger charge is -2.06. The van der Waals surface area contributed by atoms with Gasteiger partial charge in [0, 0.05) is 12.3 Å². The smallest absolute Gasteiger partial charge is 0.240 e. The number of hydrogen-bond acceptors (Lipinski definition) is 3. The molecule has 0 unspecified atom stereocenters. The second-order valence-corrected chi connectivity index (χ2v) is 7.05. The lowest BCUT2D eigenvalue weighted by molar-refractivity contribution is -0.664. The molecular formula is C18H13ClN3OS+. The Labute approximate surface area is 147 Å². The zero-order valence-corrected chi connectivity index (χ0v) is 14.2. The van der Waals surface area contributed by atoms with E-state index in [9.17, 15) is 4.79 Å². The first-order chi connectivity index (χ1) is 11.7. The highest BCUT2D eigenvalue weighted by molar-refractivity contribution is 7.15. The number of nitrogens with zero attached hydrogens (tertiary/aromatic N) is 3. The molecule has 6 heteroatoms. The molecule has 0 saturated carbocycles. The SMILES string of the molecule is O=c1c(-c2ccccc2)c[n+](Cc2cnc(Cl)s2)c2ccccn12. The Morgan fingerprint density at radius 3 is 2.67 bits per heavy atom. The number of fused-ring (bicyclic) bond motifs is 1. The molecule has 0 aliphatic rings. The molecule has 0 bridgehead atoms. The van der Waals surface area contributed by atoms with E-state index >= 15 is 0 Å². The lowest BCUT2D eigenvalue weighted by atomic mass is 10.1. The average Bonchev–Trinajstić information content (AvgIpc) is 3.03. The van der Waals surface area contributed by atoms with Gasteiger partial charge in [-0.1, -0.05) is 48.0 Å². The Bertz CT molecular complexity index is 1070. The maximum absolute atomic E-state index is 12.9. The van der Waals surface area contributed by atoms with E-state index in [0.29, 0.717) is 16.6 Å². The summed E-state index contributed by atoms with van der Waals surface area (Å²) >= 11 is 7.38. The molecule has 4 aromatic rings. The van der Waals surface area contributed by atoms with E-state index in [2.05, 4.69) is 4.98 Å². The van der Waals surface area contributed by atoms with Gasteiger partial charge in [-0.2, -0.15) is 4.40 Å². The van der Waals surface area contributed by atoms with E-state index in [1.54, 1.807) is 16.8 Å². The van der Waals surface area contributed by atoms with Gasteiger partial charge < -0.3 is 0 Å². The summed E-state index contributed by atoms with van der Waals surface area (Å²) in [6.07, 6.45) is 5.47. The summed E-state index contributed by atoms with van der Waals surface area (Å²) in [6.45, 7) is 0.609. The van der Waals surface area contributed by atoms with E-state index in [4.69, 9.17) is 11.6 Å². The first kappa shape index (κ1) is 15.1. The van der Waals surface area contributed by atoms with Crippen molar-refractivity contribution < 1.29 is 4.57 Å². The molecule has 0 saturated heterocycles. The highest BCUT2D eigenvalue weighted by atomic mass is 35.5. The van der Waals surface area contributed by atoms with Crippen LogP contribution >= 0.6 is 22.9 Å². The first-order valence-corrected chi connectivity index (χ1v) is 8.61. The van der Waals surface area contributed by atoms with Crippen molar-refractivity contribution in [2.24, 2.45) is 0 Å². The second kappa shape index (κ2) is 6.19. The Morgan fingerprint density at radius 1 is 1.12 bits per heavy atom. The van der Waals surface area contributed by atoms with Gasteiger partial charge in [-0.3, -0.25) is 0 Å². The summed E-state index contributed by atoms with van der Waals surface area (Å²) < 4.78 is 4.24. The molecule has 0 atom stereocenters. The van der Waals surface area contributed by atoms with Crippen LogP contribution in [0.2, 0.25) is 4.47 Å². The number of pyridine rings is 1. The van der Waals surface area contributed by atoms with E-state index < -0.39 is 0 Å². The van der Waals surface area contributed by atoms with Crippen molar-refractivity contribution in [1.82, 2.24) is 9.38 Å². The molecule has 3 heterocycles. The Kier molecular flexibility index (Phi) is 3.88. The molecule has 0 radical (unpaired) electrons. The van der Waals surface area contributed by atoms with Gasteiger partial charge in [0.25, 0.3) is 5.65 Å². The van der Waals surface area contributed by atoms with E-state index in [1.807, 2.05) is 59.3 Å². The predicted molar refractivity (Wildman–Crippen MR) is 95.5 cm³/mol. The highest BCUT2D eigenvalue weighted by Crippen LogP contribution is 2.18. The Morgan fingerprint density at radius 2 is 1.92 bits per heavy atom. The zero-order chi connectivity index (χ0) is 16.5. The highest BCUT2D eigenvalue weighted by Gasteiger charge is 2.17. The first-order valence-electron chi connectivity index (χ1n) is 7.42. The zero-order valence-electron chi connectivity index (χ0n) is 12.6. The van der Waals surface area contributed by atoms with Crippen LogP contribution in [0.25, 0.3) is 16.8 Å². The van der Waals surface area contributed by atoms with Crippen LogP contribution in [-0.4, -0.2) is 9.38 Å². The minimum absolute atomic E-state index is 0.0320. The molecule has 0 spiro atoms. The van der Waals surface area contributed by atoms with Crippen molar-refractivity contribution in [3.8, 4) is 11.1 Å². The van der Waals surface area contributed by atoms with Crippen LogP contribution in [0, 0.1) is 0 Å². The van der Waals surface area contributed by atoms with Crippen LogP contribution in [-0.2, 0) is 6.54 Å². The van der Waals surface area contributed by atoms with Crippen molar-refractivity contribution in [2.75, 3.05) is 0 Å². The van der Waals surface area contributed by atoms with Gasteiger partial charge >= 0.3 is 5.56 Å².